The van der Waals surface area contributed by atoms with Gasteiger partial charge in [-0.1, -0.05) is 13.3 Å². The molecule has 1 aromatic rings. The summed E-state index contributed by atoms with van der Waals surface area (Å²) in [4.78, 5) is 27.0. The molecule has 2 aliphatic heterocycles. The summed E-state index contributed by atoms with van der Waals surface area (Å²) < 4.78 is 0. The maximum absolute atomic E-state index is 12.7. The molecule has 2 fully saturated rings. The lowest BCUT2D eigenvalue weighted by Gasteiger charge is -2.30. The normalized spacial score (nSPS) is 21.0. The van der Waals surface area contributed by atoms with Crippen molar-refractivity contribution in [2.24, 2.45) is 5.92 Å². The average molecular weight is 380 g/mol. The lowest BCUT2D eigenvalue weighted by atomic mass is 9.98. The third kappa shape index (κ3) is 4.98. The van der Waals surface area contributed by atoms with Gasteiger partial charge in [-0.05, 0) is 68.8 Å². The van der Waals surface area contributed by atoms with Gasteiger partial charge >= 0.3 is 0 Å². The number of nitrogens with one attached hydrogen (secondary N) is 2. The summed E-state index contributed by atoms with van der Waals surface area (Å²) in [6, 6.07) is 5.47. The van der Waals surface area contributed by atoms with Crippen LogP contribution in [0.5, 0.6) is 0 Å². The quantitative estimate of drug-likeness (QED) is 0.846. The first kappa shape index (κ1) is 20.7. The number of likely N-dealkylation sites (tertiary alicyclic amines) is 1. The van der Waals surface area contributed by atoms with E-state index in [4.69, 9.17) is 0 Å². The third-order valence-electron chi connectivity index (χ3n) is 5.43. The van der Waals surface area contributed by atoms with Crippen LogP contribution in [0.4, 0.5) is 5.69 Å². The highest BCUT2D eigenvalue weighted by Gasteiger charge is 2.23. The lowest BCUT2D eigenvalue weighted by molar-refractivity contribution is -0.118. The highest BCUT2D eigenvalue weighted by atomic mass is 35.5. The fraction of sp³-hybridized carbons (Fsp3) is 0.600. The standard InChI is InChI=1S/C20H29N3O2.ClH/c1-14-8-11-23(12-9-14)20(25)16-6-7-17(15(2)13-16)22-19(24)18-5-3-4-10-21-18;/h6-7,13-14,18,21H,3-5,8-12H2,1-2H3,(H,22,24);1H. The number of aryl methyl sites for hydroxylation is 1. The van der Waals surface area contributed by atoms with Gasteiger partial charge in [-0.25, -0.2) is 0 Å². The number of carbonyl (C=O) groups excluding carboxylic acids is 2. The van der Waals surface area contributed by atoms with Gasteiger partial charge in [-0.2, -0.15) is 0 Å². The second-order valence-electron chi connectivity index (χ2n) is 7.50. The fourth-order valence-corrected chi connectivity index (χ4v) is 3.63. The zero-order valence-electron chi connectivity index (χ0n) is 15.7. The molecule has 0 aliphatic carbocycles. The van der Waals surface area contributed by atoms with Crippen LogP contribution < -0.4 is 10.6 Å². The summed E-state index contributed by atoms with van der Waals surface area (Å²) in [5.41, 5.74) is 2.43. The minimum absolute atomic E-state index is 0. The molecule has 2 heterocycles. The molecule has 144 valence electrons. The van der Waals surface area contributed by atoms with Gasteiger partial charge in [0.15, 0.2) is 0 Å². The zero-order valence-corrected chi connectivity index (χ0v) is 16.5. The fourth-order valence-electron chi connectivity index (χ4n) is 3.63. The molecule has 1 atom stereocenters. The van der Waals surface area contributed by atoms with Gasteiger partial charge in [-0.15, -0.1) is 12.4 Å². The molecule has 2 aliphatic rings. The van der Waals surface area contributed by atoms with E-state index in [0.717, 1.165) is 63.0 Å². The molecule has 26 heavy (non-hydrogen) atoms. The van der Waals surface area contributed by atoms with Crippen LogP contribution in [0.15, 0.2) is 18.2 Å². The maximum atomic E-state index is 12.7. The molecule has 2 saturated heterocycles. The summed E-state index contributed by atoms with van der Waals surface area (Å²) >= 11 is 0. The van der Waals surface area contributed by atoms with Crippen LogP contribution in [-0.4, -0.2) is 42.4 Å². The number of amides is 2. The van der Waals surface area contributed by atoms with Gasteiger partial charge in [0.05, 0.1) is 6.04 Å². The Morgan fingerprint density at radius 1 is 1.15 bits per heavy atom. The number of carbonyl (C=O) groups is 2. The van der Waals surface area contributed by atoms with Crippen LogP contribution in [0.2, 0.25) is 0 Å². The van der Waals surface area contributed by atoms with Crippen LogP contribution in [0.1, 0.15) is 54.9 Å². The van der Waals surface area contributed by atoms with Crippen molar-refractivity contribution >= 4 is 29.9 Å². The molecule has 0 saturated carbocycles. The Hall–Kier alpha value is -1.59. The second-order valence-corrected chi connectivity index (χ2v) is 7.50. The van der Waals surface area contributed by atoms with Crippen molar-refractivity contribution in [2.75, 3.05) is 25.0 Å². The predicted molar refractivity (Wildman–Crippen MR) is 107 cm³/mol. The number of piperidine rings is 2. The number of halogens is 1. The molecule has 0 radical (unpaired) electrons. The van der Waals surface area contributed by atoms with E-state index in [9.17, 15) is 9.59 Å². The van der Waals surface area contributed by atoms with Crippen molar-refractivity contribution in [1.29, 1.82) is 0 Å². The Balaban J connectivity index is 0.00000243. The monoisotopic (exact) mass is 379 g/mol. The van der Waals surface area contributed by atoms with Crippen molar-refractivity contribution in [3.8, 4) is 0 Å². The first-order valence-electron chi connectivity index (χ1n) is 9.49. The van der Waals surface area contributed by atoms with Crippen LogP contribution in [-0.2, 0) is 4.79 Å². The maximum Gasteiger partial charge on any atom is 0.253 e. The molecule has 0 bridgehead atoms. The molecule has 0 spiro atoms. The minimum atomic E-state index is -0.107. The lowest BCUT2D eigenvalue weighted by Crippen LogP contribution is -2.43. The number of hydrogen-bond donors (Lipinski definition) is 2. The smallest absolute Gasteiger partial charge is 0.253 e. The van der Waals surface area contributed by atoms with Gasteiger partial charge in [0, 0.05) is 24.3 Å². The van der Waals surface area contributed by atoms with E-state index in [1.807, 2.05) is 30.0 Å². The van der Waals surface area contributed by atoms with Gasteiger partial charge < -0.3 is 15.5 Å². The Morgan fingerprint density at radius 2 is 1.88 bits per heavy atom. The Kier molecular flexibility index (Phi) is 7.47. The van der Waals surface area contributed by atoms with Crippen LogP contribution in [0.3, 0.4) is 0 Å². The van der Waals surface area contributed by atoms with Gasteiger partial charge in [0.25, 0.3) is 5.91 Å². The highest BCUT2D eigenvalue weighted by molar-refractivity contribution is 5.98. The van der Waals surface area contributed by atoms with Crippen molar-refractivity contribution in [3.63, 3.8) is 0 Å². The summed E-state index contributed by atoms with van der Waals surface area (Å²) in [5.74, 6) is 0.825. The summed E-state index contributed by atoms with van der Waals surface area (Å²) in [6.07, 6.45) is 5.26. The van der Waals surface area contributed by atoms with E-state index >= 15 is 0 Å². The predicted octanol–water partition coefficient (Wildman–Crippen LogP) is 3.37. The van der Waals surface area contributed by atoms with E-state index in [0.29, 0.717) is 11.5 Å². The molecule has 2 N–H and O–H groups in total. The Labute approximate surface area is 162 Å². The Bertz CT molecular complexity index is 636. The van der Waals surface area contributed by atoms with Crippen molar-refractivity contribution in [2.45, 2.75) is 52.0 Å². The number of nitrogens with zero attached hydrogens (tertiary/aromatic N) is 1. The molecule has 1 aromatic carbocycles. The number of rotatable bonds is 3. The Morgan fingerprint density at radius 3 is 2.50 bits per heavy atom. The summed E-state index contributed by atoms with van der Waals surface area (Å²) in [6.45, 7) is 6.76. The molecule has 3 rings (SSSR count). The van der Waals surface area contributed by atoms with Crippen molar-refractivity contribution in [1.82, 2.24) is 10.2 Å². The number of anilines is 1. The zero-order chi connectivity index (χ0) is 17.8. The molecular weight excluding hydrogens is 350 g/mol. The van der Waals surface area contributed by atoms with E-state index < -0.39 is 0 Å². The van der Waals surface area contributed by atoms with Crippen LogP contribution >= 0.6 is 12.4 Å². The van der Waals surface area contributed by atoms with Gasteiger partial charge in [-0.3, -0.25) is 9.59 Å². The van der Waals surface area contributed by atoms with Crippen molar-refractivity contribution < 1.29 is 9.59 Å². The first-order valence-corrected chi connectivity index (χ1v) is 9.49. The molecule has 6 heteroatoms. The molecule has 1 unspecified atom stereocenters. The van der Waals surface area contributed by atoms with Crippen LogP contribution in [0.25, 0.3) is 0 Å². The SMILES string of the molecule is Cc1cc(C(=O)N2CCC(C)CC2)ccc1NC(=O)C1CCCCN1.Cl. The van der Waals surface area contributed by atoms with Gasteiger partial charge in [0.2, 0.25) is 5.91 Å². The van der Waals surface area contributed by atoms with Crippen molar-refractivity contribution in [3.05, 3.63) is 29.3 Å². The highest BCUT2D eigenvalue weighted by Crippen LogP contribution is 2.22. The molecule has 0 aromatic heterocycles. The third-order valence-corrected chi connectivity index (χ3v) is 5.43. The van der Waals surface area contributed by atoms with Crippen LogP contribution in [0, 0.1) is 12.8 Å². The molecular formula is C20H30ClN3O2. The van der Waals surface area contributed by atoms with E-state index in [2.05, 4.69) is 17.6 Å². The summed E-state index contributed by atoms with van der Waals surface area (Å²) in [7, 11) is 0. The van der Waals surface area contributed by atoms with E-state index in [-0.39, 0.29) is 30.3 Å². The number of benzene rings is 1. The van der Waals surface area contributed by atoms with Gasteiger partial charge in [0.1, 0.15) is 0 Å². The first-order chi connectivity index (χ1) is 12.0. The molecule has 2 amide bonds. The molecule has 5 nitrogen and oxygen atoms in total. The summed E-state index contributed by atoms with van der Waals surface area (Å²) in [5, 5.41) is 6.27. The average Bonchev–Trinajstić information content (AvgIpc) is 2.64. The van der Waals surface area contributed by atoms with E-state index in [1.165, 1.54) is 0 Å². The minimum Gasteiger partial charge on any atom is -0.339 e. The largest absolute Gasteiger partial charge is 0.339 e. The second kappa shape index (κ2) is 9.38. The number of hydrogen-bond acceptors (Lipinski definition) is 3. The topological polar surface area (TPSA) is 61.4 Å². The van der Waals surface area contributed by atoms with E-state index in [1.54, 1.807) is 0 Å².